The van der Waals surface area contributed by atoms with Crippen LogP contribution in [0, 0.1) is 11.3 Å². The van der Waals surface area contributed by atoms with E-state index in [1.807, 2.05) is 12.4 Å². The van der Waals surface area contributed by atoms with E-state index in [1.165, 1.54) is 21.9 Å². The van der Waals surface area contributed by atoms with Gasteiger partial charge in [-0.2, -0.15) is 0 Å². The average molecular weight is 586 g/mol. The number of carbonyl (C=O) groups excluding carboxylic acids is 1. The number of allylic oxidation sites excluding steroid dienone is 1. The van der Waals surface area contributed by atoms with Gasteiger partial charge in [0.05, 0.1) is 17.2 Å². The van der Waals surface area contributed by atoms with E-state index in [-0.39, 0.29) is 25.7 Å². The van der Waals surface area contributed by atoms with Crippen molar-refractivity contribution >= 4 is 25.5 Å². The van der Waals surface area contributed by atoms with Crippen molar-refractivity contribution in [2.45, 2.75) is 113 Å². The fraction of sp³-hybridized carbons (Fsp3) is 0.600. The van der Waals surface area contributed by atoms with Crippen LogP contribution in [0.1, 0.15) is 69.8 Å². The molecule has 1 saturated heterocycles. The molecule has 2 saturated carbocycles. The van der Waals surface area contributed by atoms with Gasteiger partial charge >= 0.3 is 0 Å². The Balaban J connectivity index is 1.18. The maximum Gasteiger partial charge on any atom is 0.222 e. The number of nitrogens with zero attached hydrogens (tertiary/aromatic N) is 2. The molecule has 1 aromatic heterocycles. The van der Waals surface area contributed by atoms with Gasteiger partial charge in [0.2, 0.25) is 5.91 Å². The number of pyridine rings is 1. The van der Waals surface area contributed by atoms with Crippen LogP contribution in [0.5, 0.6) is 0 Å². The number of benzene rings is 1. The number of likely N-dealkylation sites (N-methyl/N-ethyl adjacent to an activating group) is 1. The van der Waals surface area contributed by atoms with Gasteiger partial charge < -0.3 is 19.8 Å². The fourth-order valence-electron chi connectivity index (χ4n) is 9.62. The maximum absolute atomic E-state index is 13.2. The summed E-state index contributed by atoms with van der Waals surface area (Å²) in [5, 5.41) is 25.2. The van der Waals surface area contributed by atoms with Crippen LogP contribution >= 0.6 is 0 Å². The summed E-state index contributed by atoms with van der Waals surface area (Å²) in [7, 11) is 1.43. The Labute approximate surface area is 251 Å². The summed E-state index contributed by atoms with van der Waals surface area (Å²) < 4.78 is 7.35. The van der Waals surface area contributed by atoms with Crippen molar-refractivity contribution in [1.82, 2.24) is 9.88 Å². The molecule has 42 heavy (non-hydrogen) atoms. The van der Waals surface area contributed by atoms with Gasteiger partial charge in [0.1, 0.15) is 12.2 Å². The standard InChI is InChI=1S/C35H45N2O4Si/c1-33-13-11-25-19-27-31(39)32(40)28(37(2)30(38)6-5-17-42(3)4)20-34(27)14-15-35(25,41-34)29(33)10-9-26(33)23-8-7-22-12-16-36-21-24(22)18-23/h7-8,11-12,16,18-19,21,26,28-29,31-32,39-40H,5-6,9-10,13-15,17,20H2,1-4H3/t26-,28+,29?,31-,32-,33-,34-,35-/m1/s1. The van der Waals surface area contributed by atoms with Crippen LogP contribution in [0.25, 0.3) is 10.8 Å². The SMILES string of the molecule is CN(C(=O)CCC[Si](C)C)[C@H]1C[C@@]23CC[C@@]4(O2)C(=CC[C@@]2(C)C4CC[C@@H]2c2ccc4ccncc4c2)C=C3[C@@H](O)[C@@H]1O. The van der Waals surface area contributed by atoms with E-state index in [0.717, 1.165) is 50.1 Å². The maximum atomic E-state index is 13.2. The molecule has 1 unspecified atom stereocenters. The molecular formula is C35H45N2O4Si. The number of aliphatic hydroxyl groups is 2. The van der Waals surface area contributed by atoms with Gasteiger partial charge in [-0.3, -0.25) is 9.78 Å². The average Bonchev–Trinajstić information content (AvgIpc) is 3.49. The Morgan fingerprint density at radius 1 is 1.17 bits per heavy atom. The van der Waals surface area contributed by atoms with Crippen LogP contribution < -0.4 is 0 Å². The van der Waals surface area contributed by atoms with Crippen molar-refractivity contribution in [2.75, 3.05) is 7.05 Å². The lowest BCUT2D eigenvalue weighted by atomic mass is 9.58. The number of hydrogen-bond donors (Lipinski definition) is 2. The summed E-state index contributed by atoms with van der Waals surface area (Å²) in [5.41, 5.74) is 2.46. The predicted molar refractivity (Wildman–Crippen MR) is 167 cm³/mol. The van der Waals surface area contributed by atoms with E-state index in [0.29, 0.717) is 24.7 Å². The Morgan fingerprint density at radius 2 is 2.00 bits per heavy atom. The second kappa shape index (κ2) is 10.1. The van der Waals surface area contributed by atoms with Crippen molar-refractivity contribution in [2.24, 2.45) is 11.3 Å². The Kier molecular flexibility index (Phi) is 6.85. The summed E-state index contributed by atoms with van der Waals surface area (Å²) in [6, 6.07) is 9.61. The van der Waals surface area contributed by atoms with Crippen molar-refractivity contribution < 1.29 is 19.7 Å². The molecule has 7 heteroatoms. The van der Waals surface area contributed by atoms with Crippen molar-refractivity contribution in [3.63, 3.8) is 0 Å². The van der Waals surface area contributed by atoms with Gasteiger partial charge in [-0.1, -0.05) is 50.3 Å². The van der Waals surface area contributed by atoms with Crippen molar-refractivity contribution in [3.8, 4) is 0 Å². The molecule has 1 amide bonds. The number of aliphatic hydroxyl groups excluding tert-OH is 2. The molecule has 223 valence electrons. The number of aromatic nitrogens is 1. The zero-order chi connectivity index (χ0) is 29.4. The minimum absolute atomic E-state index is 0.0527. The quantitative estimate of drug-likeness (QED) is 0.420. The summed E-state index contributed by atoms with van der Waals surface area (Å²) in [5.74, 6) is 0.864. The number of fused-ring (bicyclic) bond motifs is 2. The van der Waals surface area contributed by atoms with Crippen LogP contribution in [-0.2, 0) is 9.53 Å². The van der Waals surface area contributed by atoms with E-state index in [2.05, 4.69) is 61.4 Å². The molecule has 2 aromatic rings. The van der Waals surface area contributed by atoms with Crippen LogP contribution in [0.2, 0.25) is 19.1 Å². The second-order valence-electron chi connectivity index (χ2n) is 14.4. The van der Waals surface area contributed by atoms with E-state index >= 15 is 0 Å². The Bertz CT molecular complexity index is 1470. The molecule has 8 atom stereocenters. The molecular weight excluding hydrogens is 540 g/mol. The summed E-state index contributed by atoms with van der Waals surface area (Å²) >= 11 is 0. The first-order valence-electron chi connectivity index (χ1n) is 16.0. The lowest BCUT2D eigenvalue weighted by Gasteiger charge is -2.56. The number of carbonyl (C=O) groups is 1. The molecule has 3 heterocycles. The molecule has 2 N–H and O–H groups in total. The zero-order valence-corrected chi connectivity index (χ0v) is 26.5. The largest absolute Gasteiger partial charge is 0.388 e. The van der Waals surface area contributed by atoms with Gasteiger partial charge in [-0.25, -0.2) is 0 Å². The summed E-state index contributed by atoms with van der Waals surface area (Å²) in [4.78, 5) is 19.3. The van der Waals surface area contributed by atoms with E-state index in [4.69, 9.17) is 4.74 Å². The zero-order valence-electron chi connectivity index (χ0n) is 25.5. The third-order valence-electron chi connectivity index (χ3n) is 11.9. The van der Waals surface area contributed by atoms with Crippen LogP contribution in [-0.4, -0.2) is 71.3 Å². The smallest absolute Gasteiger partial charge is 0.222 e. The molecule has 7 rings (SSSR count). The second-order valence-corrected chi connectivity index (χ2v) is 17.3. The first kappa shape index (κ1) is 28.4. The van der Waals surface area contributed by atoms with E-state index in [9.17, 15) is 15.0 Å². The minimum atomic E-state index is -1.03. The highest BCUT2D eigenvalue weighted by atomic mass is 28.3. The fourth-order valence-corrected chi connectivity index (χ4v) is 10.5. The Hall–Kier alpha value is -2.32. The van der Waals surface area contributed by atoms with Crippen LogP contribution in [0.4, 0.5) is 0 Å². The third kappa shape index (κ3) is 4.14. The van der Waals surface area contributed by atoms with E-state index < -0.39 is 23.9 Å². The molecule has 2 aliphatic heterocycles. The number of ether oxygens (including phenoxy) is 1. The first-order chi connectivity index (χ1) is 20.1. The molecule has 3 fully saturated rings. The van der Waals surface area contributed by atoms with Crippen LogP contribution in [0.3, 0.4) is 0 Å². The van der Waals surface area contributed by atoms with Crippen molar-refractivity contribution in [1.29, 1.82) is 0 Å². The summed E-state index contributed by atoms with van der Waals surface area (Å²) in [6.07, 6.45) is 13.2. The number of hydrogen-bond acceptors (Lipinski definition) is 5. The molecule has 5 aliphatic rings. The van der Waals surface area contributed by atoms with Gasteiger partial charge in [-0.05, 0) is 90.0 Å². The topological polar surface area (TPSA) is 82.9 Å². The molecule has 2 bridgehead atoms. The molecule has 3 aliphatic carbocycles. The molecule has 2 spiro atoms. The monoisotopic (exact) mass is 585 g/mol. The van der Waals surface area contributed by atoms with Gasteiger partial charge in [0.25, 0.3) is 0 Å². The highest BCUT2D eigenvalue weighted by molar-refractivity contribution is 6.55. The molecule has 1 aromatic carbocycles. The normalized spacial score (nSPS) is 38.5. The third-order valence-corrected chi connectivity index (χ3v) is 13.2. The van der Waals surface area contributed by atoms with Gasteiger partial charge in [0.15, 0.2) is 0 Å². The van der Waals surface area contributed by atoms with Gasteiger partial charge in [-0.15, -0.1) is 0 Å². The highest BCUT2D eigenvalue weighted by Crippen LogP contribution is 2.69. The minimum Gasteiger partial charge on any atom is -0.388 e. The lowest BCUT2D eigenvalue weighted by Crippen LogP contribution is -2.63. The highest BCUT2D eigenvalue weighted by Gasteiger charge is 2.68. The van der Waals surface area contributed by atoms with E-state index in [1.54, 1.807) is 11.9 Å². The predicted octanol–water partition coefficient (Wildman–Crippen LogP) is 5.78. The number of amides is 1. The Morgan fingerprint density at radius 3 is 2.81 bits per heavy atom. The molecule has 1 radical (unpaired) electrons. The van der Waals surface area contributed by atoms with Crippen molar-refractivity contribution in [3.05, 3.63) is 65.5 Å². The summed E-state index contributed by atoms with van der Waals surface area (Å²) in [6.45, 7) is 7.01. The van der Waals surface area contributed by atoms with Crippen LogP contribution in [0.15, 0.2) is 60.0 Å². The number of rotatable bonds is 6. The van der Waals surface area contributed by atoms with Gasteiger partial charge in [0, 0.05) is 46.5 Å². The molecule has 6 nitrogen and oxygen atoms in total. The lowest BCUT2D eigenvalue weighted by molar-refractivity contribution is -0.170. The first-order valence-corrected chi connectivity index (χ1v) is 18.7.